The fraction of sp³-hybridized carbons (Fsp3) is 0.261. The van der Waals surface area contributed by atoms with Crippen molar-refractivity contribution in [2.24, 2.45) is 0 Å². The molecular weight excluding hydrogens is 414 g/mol. The summed E-state index contributed by atoms with van der Waals surface area (Å²) in [6, 6.07) is 14.7. The summed E-state index contributed by atoms with van der Waals surface area (Å²) in [7, 11) is 0. The number of halogens is 1. The molecule has 160 valence electrons. The van der Waals surface area contributed by atoms with Gasteiger partial charge in [0, 0.05) is 17.5 Å². The summed E-state index contributed by atoms with van der Waals surface area (Å²) in [4.78, 5) is 28.2. The van der Waals surface area contributed by atoms with Crippen molar-refractivity contribution in [3.63, 3.8) is 0 Å². The molecule has 0 spiro atoms. The molecule has 1 amide bonds. The predicted molar refractivity (Wildman–Crippen MR) is 125 cm³/mol. The van der Waals surface area contributed by atoms with Crippen molar-refractivity contribution in [3.8, 4) is 0 Å². The predicted octanol–water partition coefficient (Wildman–Crippen LogP) is 3.63. The van der Waals surface area contributed by atoms with Crippen molar-refractivity contribution in [2.45, 2.75) is 25.7 Å². The van der Waals surface area contributed by atoms with E-state index < -0.39 is 0 Å². The lowest BCUT2D eigenvalue weighted by molar-refractivity contribution is 0.102. The summed E-state index contributed by atoms with van der Waals surface area (Å²) in [6.45, 7) is 3.84. The Hall–Kier alpha value is -3.16. The molecule has 4 aromatic rings. The zero-order valence-electron chi connectivity index (χ0n) is 17.1. The number of carbonyl (C=O) groups excluding carboxylic acids is 1. The molecule has 0 aliphatic carbocycles. The van der Waals surface area contributed by atoms with Gasteiger partial charge in [0.05, 0.1) is 22.3 Å². The minimum atomic E-state index is -0.196. The maximum Gasteiger partial charge on any atom is 0.255 e. The minimum absolute atomic E-state index is 0. The van der Waals surface area contributed by atoms with Gasteiger partial charge in [-0.05, 0) is 57.1 Å². The summed E-state index contributed by atoms with van der Waals surface area (Å²) in [5.74, 6) is 0.0784. The van der Waals surface area contributed by atoms with Gasteiger partial charge < -0.3 is 15.6 Å². The van der Waals surface area contributed by atoms with Gasteiger partial charge in [-0.2, -0.15) is 5.10 Å². The lowest BCUT2D eigenvalue weighted by Crippen LogP contribution is -2.28. The summed E-state index contributed by atoms with van der Waals surface area (Å²) in [6.07, 6.45) is 1.93. The van der Waals surface area contributed by atoms with Crippen molar-refractivity contribution in [1.29, 1.82) is 0 Å². The van der Waals surface area contributed by atoms with E-state index in [0.717, 1.165) is 48.1 Å². The van der Waals surface area contributed by atoms with E-state index in [0.29, 0.717) is 16.9 Å². The highest BCUT2D eigenvalue weighted by molar-refractivity contribution is 6.11. The number of fused-ring (bicyclic) bond motifs is 3. The number of piperidine rings is 1. The van der Waals surface area contributed by atoms with E-state index in [2.05, 4.69) is 15.6 Å². The Bertz CT molecular complexity index is 1300. The van der Waals surface area contributed by atoms with Crippen LogP contribution in [0.2, 0.25) is 0 Å². The molecule has 2 aromatic carbocycles. The Balaban J connectivity index is 0.00000231. The maximum atomic E-state index is 12.8. The molecule has 0 unspecified atom stereocenters. The monoisotopic (exact) mass is 437 g/mol. The van der Waals surface area contributed by atoms with E-state index in [1.807, 2.05) is 41.8 Å². The second kappa shape index (κ2) is 8.53. The molecule has 3 heterocycles. The number of aromatic amines is 1. The zero-order chi connectivity index (χ0) is 20.7. The number of aryl methyl sites for hydroxylation is 1. The maximum absolute atomic E-state index is 12.8. The van der Waals surface area contributed by atoms with E-state index in [1.54, 1.807) is 18.2 Å². The third-order valence-corrected chi connectivity index (χ3v) is 5.78. The van der Waals surface area contributed by atoms with Gasteiger partial charge in [-0.1, -0.05) is 23.8 Å². The number of hydrogen-bond acceptors (Lipinski definition) is 4. The average Bonchev–Trinajstić information content (AvgIpc) is 3.13. The lowest BCUT2D eigenvalue weighted by atomic mass is 9.94. The Morgan fingerprint density at radius 1 is 1.13 bits per heavy atom. The Morgan fingerprint density at radius 2 is 1.87 bits per heavy atom. The molecule has 2 aromatic heterocycles. The first-order chi connectivity index (χ1) is 14.6. The first-order valence-electron chi connectivity index (χ1n) is 10.2. The molecule has 1 aliphatic rings. The number of nitrogens with zero attached hydrogens (tertiary/aromatic N) is 2. The van der Waals surface area contributed by atoms with E-state index >= 15 is 0 Å². The number of nitrogens with one attached hydrogen (secondary N) is 3. The molecule has 1 fully saturated rings. The molecule has 31 heavy (non-hydrogen) atoms. The lowest BCUT2D eigenvalue weighted by Gasteiger charge is -2.23. The fourth-order valence-electron chi connectivity index (χ4n) is 4.20. The summed E-state index contributed by atoms with van der Waals surface area (Å²) >= 11 is 0. The first-order valence-corrected chi connectivity index (χ1v) is 10.2. The van der Waals surface area contributed by atoms with E-state index in [4.69, 9.17) is 5.10 Å². The highest BCUT2D eigenvalue weighted by Crippen LogP contribution is 2.30. The fourth-order valence-corrected chi connectivity index (χ4v) is 4.20. The number of rotatable bonds is 3. The highest BCUT2D eigenvalue weighted by atomic mass is 35.5. The van der Waals surface area contributed by atoms with Gasteiger partial charge >= 0.3 is 0 Å². The van der Waals surface area contributed by atoms with E-state index in [9.17, 15) is 9.59 Å². The van der Waals surface area contributed by atoms with Gasteiger partial charge in [0.1, 0.15) is 5.65 Å². The molecule has 8 heteroatoms. The summed E-state index contributed by atoms with van der Waals surface area (Å²) < 4.78 is 1.84. The standard InChI is InChI=1S/C23H23N5O2.ClH/c1-14-5-7-16(8-6-14)23(30)25-17-3-2-4-18-21(17)22-26-20(29)13-19(28(22)27-18)15-9-11-24-12-10-15;/h2-8,13,15,24H,9-12H2,1H3,(H,25,30)(H,26,29);1H. The normalized spacial score (nSPS) is 14.5. The molecule has 5 rings (SSSR count). The van der Waals surface area contributed by atoms with Crippen LogP contribution in [0.1, 0.15) is 40.4 Å². The molecule has 0 atom stereocenters. The quantitative estimate of drug-likeness (QED) is 0.456. The smallest absolute Gasteiger partial charge is 0.255 e. The molecule has 0 saturated carbocycles. The van der Waals surface area contributed by atoms with Crippen molar-refractivity contribution in [3.05, 3.63) is 75.7 Å². The largest absolute Gasteiger partial charge is 0.321 e. The topological polar surface area (TPSA) is 91.3 Å². The SMILES string of the molecule is Cc1ccc(C(=O)Nc2cccc3nn4c(C5CCNCC5)cc(=O)[nH]c4c23)cc1.Cl. The van der Waals surface area contributed by atoms with Crippen molar-refractivity contribution < 1.29 is 4.79 Å². The van der Waals surface area contributed by atoms with Crippen LogP contribution in [-0.4, -0.2) is 33.6 Å². The summed E-state index contributed by atoms with van der Waals surface area (Å²) in [5.41, 5.74) is 4.42. The number of carbonyl (C=O) groups is 1. The summed E-state index contributed by atoms with van der Waals surface area (Å²) in [5, 5.41) is 11.9. The second-order valence-corrected chi connectivity index (χ2v) is 7.86. The van der Waals surface area contributed by atoms with Crippen LogP contribution in [0.4, 0.5) is 5.69 Å². The van der Waals surface area contributed by atoms with E-state index in [1.165, 1.54) is 0 Å². The Morgan fingerprint density at radius 3 is 2.61 bits per heavy atom. The van der Waals surface area contributed by atoms with Gasteiger partial charge in [0.15, 0.2) is 0 Å². The van der Waals surface area contributed by atoms with Crippen LogP contribution in [0.3, 0.4) is 0 Å². The Kier molecular flexibility index (Phi) is 5.80. The number of hydrogen-bond donors (Lipinski definition) is 3. The molecule has 0 radical (unpaired) electrons. The van der Waals surface area contributed by atoms with Crippen LogP contribution in [0.15, 0.2) is 53.3 Å². The van der Waals surface area contributed by atoms with E-state index in [-0.39, 0.29) is 29.8 Å². The molecular formula is C23H24ClN5O2. The number of benzene rings is 2. The number of anilines is 1. The van der Waals surface area contributed by atoms with Crippen molar-refractivity contribution in [1.82, 2.24) is 19.9 Å². The van der Waals surface area contributed by atoms with Crippen LogP contribution >= 0.6 is 12.4 Å². The van der Waals surface area contributed by atoms with Gasteiger partial charge in [0.25, 0.3) is 11.5 Å². The molecule has 7 nitrogen and oxygen atoms in total. The Labute approximate surface area is 185 Å². The van der Waals surface area contributed by atoms with Crippen LogP contribution in [0.5, 0.6) is 0 Å². The van der Waals surface area contributed by atoms with Gasteiger partial charge in [0.2, 0.25) is 0 Å². The molecule has 0 bridgehead atoms. The van der Waals surface area contributed by atoms with Crippen molar-refractivity contribution in [2.75, 3.05) is 18.4 Å². The van der Waals surface area contributed by atoms with Crippen molar-refractivity contribution >= 4 is 40.6 Å². The van der Waals surface area contributed by atoms with Crippen LogP contribution in [0, 0.1) is 6.92 Å². The number of amides is 1. The number of H-pyrrole nitrogens is 1. The zero-order valence-corrected chi connectivity index (χ0v) is 18.0. The second-order valence-electron chi connectivity index (χ2n) is 7.86. The third-order valence-electron chi connectivity index (χ3n) is 5.78. The average molecular weight is 438 g/mol. The molecule has 1 saturated heterocycles. The van der Waals surface area contributed by atoms with Crippen LogP contribution in [-0.2, 0) is 0 Å². The minimum Gasteiger partial charge on any atom is -0.321 e. The van der Waals surface area contributed by atoms with Crippen LogP contribution in [0.25, 0.3) is 16.6 Å². The van der Waals surface area contributed by atoms with Gasteiger partial charge in [-0.3, -0.25) is 9.59 Å². The highest BCUT2D eigenvalue weighted by Gasteiger charge is 2.22. The third kappa shape index (κ3) is 3.94. The number of aromatic nitrogens is 3. The molecule has 3 N–H and O–H groups in total. The van der Waals surface area contributed by atoms with Crippen LogP contribution < -0.4 is 16.2 Å². The van der Waals surface area contributed by atoms with Gasteiger partial charge in [-0.25, -0.2) is 4.52 Å². The first kappa shape index (κ1) is 21.1. The molecule has 1 aliphatic heterocycles. The van der Waals surface area contributed by atoms with Gasteiger partial charge in [-0.15, -0.1) is 12.4 Å².